The molecule has 0 aliphatic carbocycles. The Bertz CT molecular complexity index is 399. The lowest BCUT2D eigenvalue weighted by Crippen LogP contribution is -2.29. The van der Waals surface area contributed by atoms with E-state index in [1.807, 2.05) is 0 Å². The molecule has 3 heteroatoms. The van der Waals surface area contributed by atoms with Gasteiger partial charge in [0, 0.05) is 13.1 Å². The van der Waals surface area contributed by atoms with Gasteiger partial charge in [0.05, 0.1) is 12.2 Å². The molecule has 1 saturated heterocycles. The average Bonchev–Trinajstić information content (AvgIpc) is 2.83. The summed E-state index contributed by atoms with van der Waals surface area (Å²) in [6.45, 7) is 2.96. The number of nitrogens with one attached hydrogen (secondary N) is 1. The second-order valence-corrected chi connectivity index (χ2v) is 5.07. The van der Waals surface area contributed by atoms with Crippen molar-refractivity contribution in [3.63, 3.8) is 0 Å². The molecule has 2 aliphatic heterocycles. The van der Waals surface area contributed by atoms with Crippen molar-refractivity contribution in [2.24, 2.45) is 0 Å². The van der Waals surface area contributed by atoms with Gasteiger partial charge in [-0.15, -0.1) is 0 Å². The molecule has 0 bridgehead atoms. The maximum absolute atomic E-state index is 5.66. The number of ether oxygens (including phenoxy) is 1. The summed E-state index contributed by atoms with van der Waals surface area (Å²) in [5.74, 6) is 1.03. The third-order valence-electron chi connectivity index (χ3n) is 3.76. The molecule has 3 rings (SSSR count). The molecule has 1 fully saturated rings. The van der Waals surface area contributed by atoms with Crippen molar-refractivity contribution in [2.75, 3.05) is 31.6 Å². The summed E-state index contributed by atoms with van der Waals surface area (Å²) in [5.41, 5.74) is 2.66. The SMILES string of the molecule is CN1CCOc2ccc(CC3CCCN3)cc21. The first-order valence-corrected chi connectivity index (χ1v) is 6.53. The molecule has 1 aromatic carbocycles. The number of anilines is 1. The number of nitrogens with zero attached hydrogens (tertiary/aromatic N) is 1. The van der Waals surface area contributed by atoms with Gasteiger partial charge in [0.2, 0.25) is 0 Å². The number of benzene rings is 1. The molecule has 0 radical (unpaired) electrons. The molecule has 1 N–H and O–H groups in total. The Morgan fingerprint density at radius 1 is 1.47 bits per heavy atom. The van der Waals surface area contributed by atoms with Crippen LogP contribution in [0.5, 0.6) is 5.75 Å². The summed E-state index contributed by atoms with van der Waals surface area (Å²) < 4.78 is 5.66. The molecule has 0 saturated carbocycles. The molecule has 1 aromatic rings. The summed E-state index contributed by atoms with van der Waals surface area (Å²) in [6.07, 6.45) is 3.77. The molecule has 1 unspecified atom stereocenters. The molecule has 17 heavy (non-hydrogen) atoms. The van der Waals surface area contributed by atoms with Gasteiger partial charge in [0.1, 0.15) is 12.4 Å². The third-order valence-corrected chi connectivity index (χ3v) is 3.76. The van der Waals surface area contributed by atoms with Crippen LogP contribution in [0.25, 0.3) is 0 Å². The second-order valence-electron chi connectivity index (χ2n) is 5.07. The minimum atomic E-state index is 0.669. The monoisotopic (exact) mass is 232 g/mol. The maximum atomic E-state index is 5.66. The van der Waals surface area contributed by atoms with E-state index in [1.165, 1.54) is 30.6 Å². The Morgan fingerprint density at radius 3 is 3.24 bits per heavy atom. The highest BCUT2D eigenvalue weighted by Gasteiger charge is 2.18. The van der Waals surface area contributed by atoms with Crippen LogP contribution in [0.3, 0.4) is 0 Å². The van der Waals surface area contributed by atoms with Crippen molar-refractivity contribution in [1.29, 1.82) is 0 Å². The Labute approximate surface area is 103 Å². The van der Waals surface area contributed by atoms with Crippen molar-refractivity contribution >= 4 is 5.69 Å². The zero-order chi connectivity index (χ0) is 11.7. The van der Waals surface area contributed by atoms with Crippen molar-refractivity contribution in [1.82, 2.24) is 5.32 Å². The summed E-state index contributed by atoms with van der Waals surface area (Å²) in [5, 5.41) is 3.55. The molecule has 92 valence electrons. The van der Waals surface area contributed by atoms with Gasteiger partial charge >= 0.3 is 0 Å². The van der Waals surface area contributed by atoms with Gasteiger partial charge in [-0.1, -0.05) is 6.07 Å². The maximum Gasteiger partial charge on any atom is 0.142 e. The van der Waals surface area contributed by atoms with E-state index in [-0.39, 0.29) is 0 Å². The fourth-order valence-corrected chi connectivity index (χ4v) is 2.74. The van der Waals surface area contributed by atoms with Crippen molar-refractivity contribution in [3.05, 3.63) is 23.8 Å². The standard InChI is InChI=1S/C14H20N2O/c1-16-7-8-17-14-5-4-11(10-13(14)16)9-12-3-2-6-15-12/h4-5,10,12,15H,2-3,6-9H2,1H3. The molecule has 0 aromatic heterocycles. The van der Waals surface area contributed by atoms with Crippen LogP contribution in [0.1, 0.15) is 18.4 Å². The van der Waals surface area contributed by atoms with Crippen molar-refractivity contribution < 1.29 is 4.74 Å². The molecular weight excluding hydrogens is 212 g/mol. The van der Waals surface area contributed by atoms with E-state index < -0.39 is 0 Å². The van der Waals surface area contributed by atoms with Crippen LogP contribution in [0.15, 0.2) is 18.2 Å². The van der Waals surface area contributed by atoms with Gasteiger partial charge in [0.15, 0.2) is 0 Å². The van der Waals surface area contributed by atoms with E-state index in [0.29, 0.717) is 6.04 Å². The number of likely N-dealkylation sites (N-methyl/N-ethyl adjacent to an activating group) is 1. The summed E-state index contributed by atoms with van der Waals surface area (Å²) in [7, 11) is 2.14. The topological polar surface area (TPSA) is 24.5 Å². The molecule has 0 amide bonds. The lowest BCUT2D eigenvalue weighted by Gasteiger charge is -2.28. The molecule has 3 nitrogen and oxygen atoms in total. The van der Waals surface area contributed by atoms with Crippen LogP contribution < -0.4 is 15.0 Å². The lowest BCUT2D eigenvalue weighted by atomic mass is 10.0. The van der Waals surface area contributed by atoms with Gasteiger partial charge < -0.3 is 15.0 Å². The van der Waals surface area contributed by atoms with E-state index in [2.05, 4.69) is 35.5 Å². The van der Waals surface area contributed by atoms with Crippen LogP contribution >= 0.6 is 0 Å². The van der Waals surface area contributed by atoms with E-state index in [1.54, 1.807) is 0 Å². The highest BCUT2D eigenvalue weighted by atomic mass is 16.5. The summed E-state index contributed by atoms with van der Waals surface area (Å²) in [4.78, 5) is 2.28. The first kappa shape index (κ1) is 10.9. The normalized spacial score (nSPS) is 23.4. The number of hydrogen-bond donors (Lipinski definition) is 1. The Morgan fingerprint density at radius 2 is 2.41 bits per heavy atom. The first-order chi connectivity index (χ1) is 8.33. The number of hydrogen-bond acceptors (Lipinski definition) is 3. The predicted molar refractivity (Wildman–Crippen MR) is 69.9 cm³/mol. The van der Waals surface area contributed by atoms with E-state index >= 15 is 0 Å². The number of rotatable bonds is 2. The van der Waals surface area contributed by atoms with Crippen LogP contribution in [0.4, 0.5) is 5.69 Å². The van der Waals surface area contributed by atoms with Crippen LogP contribution in [-0.2, 0) is 6.42 Å². The van der Waals surface area contributed by atoms with Gasteiger partial charge in [0.25, 0.3) is 0 Å². The summed E-state index contributed by atoms with van der Waals surface area (Å²) in [6, 6.07) is 7.28. The minimum absolute atomic E-state index is 0.669. The van der Waals surface area contributed by atoms with Crippen LogP contribution in [0, 0.1) is 0 Å². The third kappa shape index (κ3) is 2.25. The highest BCUT2D eigenvalue weighted by molar-refractivity contribution is 5.61. The smallest absolute Gasteiger partial charge is 0.142 e. The minimum Gasteiger partial charge on any atom is -0.490 e. The lowest BCUT2D eigenvalue weighted by molar-refractivity contribution is 0.311. The molecule has 0 spiro atoms. The van der Waals surface area contributed by atoms with Crippen LogP contribution in [-0.4, -0.2) is 32.8 Å². The zero-order valence-electron chi connectivity index (χ0n) is 10.4. The predicted octanol–water partition coefficient (Wildman–Crippen LogP) is 1.81. The Kier molecular flexibility index (Phi) is 2.93. The zero-order valence-corrected chi connectivity index (χ0v) is 10.4. The largest absolute Gasteiger partial charge is 0.490 e. The molecule has 1 atom stereocenters. The molecular formula is C14H20N2O. The van der Waals surface area contributed by atoms with Gasteiger partial charge in [-0.05, 0) is 43.5 Å². The fraction of sp³-hybridized carbons (Fsp3) is 0.571. The van der Waals surface area contributed by atoms with Crippen molar-refractivity contribution in [2.45, 2.75) is 25.3 Å². The fourth-order valence-electron chi connectivity index (χ4n) is 2.74. The first-order valence-electron chi connectivity index (χ1n) is 6.53. The van der Waals surface area contributed by atoms with E-state index in [4.69, 9.17) is 4.74 Å². The average molecular weight is 232 g/mol. The van der Waals surface area contributed by atoms with E-state index in [0.717, 1.165) is 25.3 Å². The van der Waals surface area contributed by atoms with Gasteiger partial charge in [-0.3, -0.25) is 0 Å². The Hall–Kier alpha value is -1.22. The quantitative estimate of drug-likeness (QED) is 0.841. The van der Waals surface area contributed by atoms with E-state index in [9.17, 15) is 0 Å². The highest BCUT2D eigenvalue weighted by Crippen LogP contribution is 2.32. The van der Waals surface area contributed by atoms with Crippen LogP contribution in [0.2, 0.25) is 0 Å². The second kappa shape index (κ2) is 4.57. The Balaban J connectivity index is 1.79. The molecule has 2 aliphatic rings. The van der Waals surface area contributed by atoms with Gasteiger partial charge in [-0.25, -0.2) is 0 Å². The van der Waals surface area contributed by atoms with Crippen molar-refractivity contribution in [3.8, 4) is 5.75 Å². The van der Waals surface area contributed by atoms with Gasteiger partial charge in [-0.2, -0.15) is 0 Å². The summed E-state index contributed by atoms with van der Waals surface area (Å²) >= 11 is 0. The number of fused-ring (bicyclic) bond motifs is 1. The molecule has 2 heterocycles.